The molecule has 1 atom stereocenters. The SMILES string of the molecule is Cc1ccc([C@H](CNC(=O)C(=O)Nc2ccc(F)cc2)N2CCN(C)CC2)cc1. The quantitative estimate of drug-likeness (QED) is 0.758. The van der Waals surface area contributed by atoms with E-state index in [0.717, 1.165) is 31.7 Å². The number of anilines is 1. The van der Waals surface area contributed by atoms with E-state index in [1.54, 1.807) is 0 Å². The van der Waals surface area contributed by atoms with Crippen LogP contribution in [0.3, 0.4) is 0 Å². The lowest BCUT2D eigenvalue weighted by Gasteiger charge is -2.38. The van der Waals surface area contributed by atoms with E-state index in [4.69, 9.17) is 0 Å². The number of hydrogen-bond acceptors (Lipinski definition) is 4. The van der Waals surface area contributed by atoms with Crippen LogP contribution in [0.1, 0.15) is 17.2 Å². The van der Waals surface area contributed by atoms with Crippen LogP contribution in [0.25, 0.3) is 0 Å². The van der Waals surface area contributed by atoms with Gasteiger partial charge in [0.05, 0.1) is 6.04 Å². The molecule has 0 unspecified atom stereocenters. The summed E-state index contributed by atoms with van der Waals surface area (Å²) in [4.78, 5) is 29.1. The van der Waals surface area contributed by atoms with Crippen LogP contribution in [0.5, 0.6) is 0 Å². The van der Waals surface area contributed by atoms with Crippen LogP contribution in [0.15, 0.2) is 48.5 Å². The third-order valence-electron chi connectivity index (χ3n) is 5.21. The predicted molar refractivity (Wildman–Crippen MR) is 111 cm³/mol. The van der Waals surface area contributed by atoms with Gasteiger partial charge in [-0.3, -0.25) is 14.5 Å². The molecule has 1 fully saturated rings. The van der Waals surface area contributed by atoms with Crippen molar-refractivity contribution in [3.8, 4) is 0 Å². The number of amides is 2. The fourth-order valence-electron chi connectivity index (χ4n) is 3.37. The van der Waals surface area contributed by atoms with Crippen molar-refractivity contribution in [1.82, 2.24) is 15.1 Å². The number of piperazine rings is 1. The molecule has 0 saturated carbocycles. The van der Waals surface area contributed by atoms with Crippen LogP contribution in [0.2, 0.25) is 0 Å². The smallest absolute Gasteiger partial charge is 0.313 e. The highest BCUT2D eigenvalue weighted by Crippen LogP contribution is 2.22. The number of carbonyl (C=O) groups is 2. The Balaban J connectivity index is 1.63. The second-order valence-corrected chi connectivity index (χ2v) is 7.44. The second kappa shape index (κ2) is 9.62. The molecule has 2 amide bonds. The van der Waals surface area contributed by atoms with E-state index < -0.39 is 17.6 Å². The molecular weight excluding hydrogens is 371 g/mol. The molecule has 0 aromatic heterocycles. The summed E-state index contributed by atoms with van der Waals surface area (Å²) in [7, 11) is 2.10. The highest BCUT2D eigenvalue weighted by Gasteiger charge is 2.25. The zero-order chi connectivity index (χ0) is 20.8. The molecule has 29 heavy (non-hydrogen) atoms. The van der Waals surface area contributed by atoms with Gasteiger partial charge in [0.1, 0.15) is 5.82 Å². The van der Waals surface area contributed by atoms with E-state index in [1.165, 1.54) is 29.8 Å². The average Bonchev–Trinajstić information content (AvgIpc) is 2.72. The minimum atomic E-state index is -0.766. The first-order valence-electron chi connectivity index (χ1n) is 9.76. The average molecular weight is 398 g/mol. The summed E-state index contributed by atoms with van der Waals surface area (Å²) in [6, 6.07) is 13.5. The maximum Gasteiger partial charge on any atom is 0.313 e. The number of halogens is 1. The van der Waals surface area contributed by atoms with E-state index >= 15 is 0 Å². The highest BCUT2D eigenvalue weighted by atomic mass is 19.1. The number of nitrogens with zero attached hydrogens (tertiary/aromatic N) is 2. The van der Waals surface area contributed by atoms with Gasteiger partial charge in [0.2, 0.25) is 0 Å². The summed E-state index contributed by atoms with van der Waals surface area (Å²) in [6.07, 6.45) is 0. The first-order chi connectivity index (χ1) is 13.9. The molecule has 0 bridgehead atoms. The number of carbonyl (C=O) groups excluding carboxylic acids is 2. The molecule has 0 radical (unpaired) electrons. The third-order valence-corrected chi connectivity index (χ3v) is 5.21. The van der Waals surface area contributed by atoms with Crippen molar-refractivity contribution in [3.05, 3.63) is 65.5 Å². The lowest BCUT2D eigenvalue weighted by atomic mass is 10.0. The Kier molecular flexibility index (Phi) is 6.95. The van der Waals surface area contributed by atoms with Gasteiger partial charge in [-0.25, -0.2) is 4.39 Å². The van der Waals surface area contributed by atoms with Crippen molar-refractivity contribution < 1.29 is 14.0 Å². The van der Waals surface area contributed by atoms with Crippen molar-refractivity contribution in [2.24, 2.45) is 0 Å². The number of nitrogens with one attached hydrogen (secondary N) is 2. The molecule has 7 heteroatoms. The third kappa shape index (κ3) is 5.85. The van der Waals surface area contributed by atoms with Gasteiger partial charge in [0.15, 0.2) is 0 Å². The molecule has 1 aliphatic heterocycles. The summed E-state index contributed by atoms with van der Waals surface area (Å²) in [6.45, 7) is 6.08. The van der Waals surface area contributed by atoms with Crippen LogP contribution < -0.4 is 10.6 Å². The zero-order valence-corrected chi connectivity index (χ0v) is 16.8. The van der Waals surface area contributed by atoms with Gasteiger partial charge in [-0.2, -0.15) is 0 Å². The topological polar surface area (TPSA) is 64.7 Å². The molecule has 2 aromatic carbocycles. The Labute approximate surface area is 170 Å². The normalized spacial score (nSPS) is 16.2. The minimum Gasteiger partial charge on any atom is -0.346 e. The van der Waals surface area contributed by atoms with E-state index in [-0.39, 0.29) is 6.04 Å². The minimum absolute atomic E-state index is 0.00753. The maximum absolute atomic E-state index is 13.0. The fourth-order valence-corrected chi connectivity index (χ4v) is 3.37. The number of hydrogen-bond donors (Lipinski definition) is 2. The van der Waals surface area contributed by atoms with Gasteiger partial charge >= 0.3 is 11.8 Å². The molecule has 1 heterocycles. The Bertz CT molecular complexity index is 831. The molecular formula is C22H27FN4O2. The van der Waals surface area contributed by atoms with Gasteiger partial charge in [-0.05, 0) is 43.8 Å². The summed E-state index contributed by atoms with van der Waals surface area (Å²) in [5.74, 6) is -1.88. The van der Waals surface area contributed by atoms with Crippen molar-refractivity contribution in [2.45, 2.75) is 13.0 Å². The van der Waals surface area contributed by atoms with Crippen molar-refractivity contribution in [3.63, 3.8) is 0 Å². The molecule has 2 N–H and O–H groups in total. The Morgan fingerprint density at radius 3 is 2.21 bits per heavy atom. The van der Waals surface area contributed by atoms with Crippen LogP contribution in [0.4, 0.5) is 10.1 Å². The van der Waals surface area contributed by atoms with Gasteiger partial charge in [-0.15, -0.1) is 0 Å². The largest absolute Gasteiger partial charge is 0.346 e. The number of aryl methyl sites for hydroxylation is 1. The van der Waals surface area contributed by atoms with Crippen LogP contribution in [0, 0.1) is 12.7 Å². The predicted octanol–water partition coefficient (Wildman–Crippen LogP) is 2.18. The van der Waals surface area contributed by atoms with Gasteiger partial charge in [0.25, 0.3) is 0 Å². The van der Waals surface area contributed by atoms with Crippen molar-refractivity contribution in [2.75, 3.05) is 45.1 Å². The lowest BCUT2D eigenvalue weighted by molar-refractivity contribution is -0.136. The van der Waals surface area contributed by atoms with Crippen molar-refractivity contribution >= 4 is 17.5 Å². The molecule has 1 saturated heterocycles. The summed E-state index contributed by atoms with van der Waals surface area (Å²) >= 11 is 0. The van der Waals surface area contributed by atoms with Crippen LogP contribution in [-0.2, 0) is 9.59 Å². The molecule has 0 aliphatic carbocycles. The molecule has 2 aromatic rings. The van der Waals surface area contributed by atoms with E-state index in [1.807, 2.05) is 6.92 Å². The summed E-state index contributed by atoms with van der Waals surface area (Å²) in [5, 5.41) is 5.24. The Morgan fingerprint density at radius 2 is 1.59 bits per heavy atom. The van der Waals surface area contributed by atoms with Crippen LogP contribution >= 0.6 is 0 Å². The summed E-state index contributed by atoms with van der Waals surface area (Å²) < 4.78 is 13.0. The summed E-state index contributed by atoms with van der Waals surface area (Å²) in [5.41, 5.74) is 2.66. The van der Waals surface area contributed by atoms with E-state index in [9.17, 15) is 14.0 Å². The molecule has 3 rings (SSSR count). The Morgan fingerprint density at radius 1 is 0.966 bits per heavy atom. The first-order valence-corrected chi connectivity index (χ1v) is 9.76. The number of benzene rings is 2. The molecule has 6 nitrogen and oxygen atoms in total. The zero-order valence-electron chi connectivity index (χ0n) is 16.8. The second-order valence-electron chi connectivity index (χ2n) is 7.44. The molecule has 1 aliphatic rings. The lowest BCUT2D eigenvalue weighted by Crippen LogP contribution is -2.49. The Hall–Kier alpha value is -2.77. The molecule has 154 valence electrons. The number of likely N-dealkylation sites (N-methyl/N-ethyl adjacent to an activating group) is 1. The van der Waals surface area contributed by atoms with Gasteiger partial charge in [-0.1, -0.05) is 29.8 Å². The standard InChI is InChI=1S/C22H27FN4O2/c1-16-3-5-17(6-4-16)20(27-13-11-26(2)12-14-27)15-24-21(28)22(29)25-19-9-7-18(23)8-10-19/h3-10,20H,11-15H2,1-2H3,(H,24,28)(H,25,29)/t20-/m0/s1. The fraction of sp³-hybridized carbons (Fsp3) is 0.364. The van der Waals surface area contributed by atoms with E-state index in [0.29, 0.717) is 12.2 Å². The van der Waals surface area contributed by atoms with Gasteiger partial charge in [0, 0.05) is 38.4 Å². The van der Waals surface area contributed by atoms with Crippen molar-refractivity contribution in [1.29, 1.82) is 0 Å². The number of rotatable bonds is 5. The van der Waals surface area contributed by atoms with Crippen LogP contribution in [-0.4, -0.2) is 61.4 Å². The van der Waals surface area contributed by atoms with E-state index in [2.05, 4.69) is 51.7 Å². The highest BCUT2D eigenvalue weighted by molar-refractivity contribution is 6.39. The van der Waals surface area contributed by atoms with Gasteiger partial charge < -0.3 is 15.5 Å². The monoisotopic (exact) mass is 398 g/mol. The molecule has 0 spiro atoms. The maximum atomic E-state index is 13.0. The first kappa shape index (κ1) is 21.0.